The second kappa shape index (κ2) is 15.4. The molecular formula is C35H47N5O2. The van der Waals surface area contributed by atoms with Gasteiger partial charge in [-0.05, 0) is 42.5 Å². The Labute approximate surface area is 251 Å². The Balaban J connectivity index is 1.49. The van der Waals surface area contributed by atoms with E-state index in [-0.39, 0.29) is 18.0 Å². The Morgan fingerprint density at radius 3 is 1.95 bits per heavy atom. The molecule has 3 amide bonds. The van der Waals surface area contributed by atoms with E-state index < -0.39 is 6.03 Å². The van der Waals surface area contributed by atoms with Crippen molar-refractivity contribution in [1.82, 2.24) is 10.2 Å². The van der Waals surface area contributed by atoms with Crippen molar-refractivity contribution in [3.8, 4) is 0 Å². The van der Waals surface area contributed by atoms with Crippen molar-refractivity contribution in [3.05, 3.63) is 95.6 Å². The van der Waals surface area contributed by atoms with Crippen molar-refractivity contribution < 1.29 is 9.59 Å². The summed E-state index contributed by atoms with van der Waals surface area (Å²) >= 11 is 0. The molecule has 0 atom stereocenters. The third-order valence-electron chi connectivity index (χ3n) is 8.23. The fraction of sp³-hybridized carbons (Fsp3) is 0.429. The highest BCUT2D eigenvalue weighted by Crippen LogP contribution is 2.33. The molecule has 0 unspecified atom stereocenters. The van der Waals surface area contributed by atoms with Crippen LogP contribution in [0.15, 0.2) is 78.9 Å². The van der Waals surface area contributed by atoms with Gasteiger partial charge in [0.15, 0.2) is 0 Å². The Kier molecular flexibility index (Phi) is 11.4. The van der Waals surface area contributed by atoms with Gasteiger partial charge in [0, 0.05) is 39.8 Å². The van der Waals surface area contributed by atoms with Crippen LogP contribution in [0, 0.1) is 0 Å². The Bertz CT molecular complexity index is 1230. The van der Waals surface area contributed by atoms with Crippen LogP contribution in [0.25, 0.3) is 0 Å². The molecule has 42 heavy (non-hydrogen) atoms. The van der Waals surface area contributed by atoms with Crippen molar-refractivity contribution in [2.45, 2.75) is 64.0 Å². The summed E-state index contributed by atoms with van der Waals surface area (Å²) in [7, 11) is 3.84. The number of likely N-dealkylation sites (tertiary alicyclic amines) is 1. The lowest BCUT2D eigenvalue weighted by Gasteiger charge is -2.38. The molecule has 7 heteroatoms. The number of benzene rings is 3. The van der Waals surface area contributed by atoms with Gasteiger partial charge in [0.05, 0.1) is 23.0 Å². The van der Waals surface area contributed by atoms with Crippen LogP contribution in [0.1, 0.15) is 79.4 Å². The first kappa shape index (κ1) is 31.1. The first-order valence-corrected chi connectivity index (χ1v) is 15.4. The minimum Gasteiger partial charge on any atom is -0.377 e. The summed E-state index contributed by atoms with van der Waals surface area (Å²) in [6, 6.07) is 26.6. The molecule has 3 aromatic rings. The highest BCUT2D eigenvalue weighted by molar-refractivity contribution is 6.08. The fourth-order valence-electron chi connectivity index (χ4n) is 6.03. The second-order valence-corrected chi connectivity index (χ2v) is 11.5. The standard InChI is InChI=1S/C35H47N5O2/c1-4-5-6-7-14-24-40(35(36)42)31-21-15-20-30(38(2)3)32(31)34(41)37-29-22-25-39(26-23-29)33(27-16-10-8-11-17-27)28-18-12-9-13-19-28/h8-13,15-21,29,33H,4-7,14,22-26H2,1-3H3,(H2,36,42)(H,37,41). The zero-order valence-corrected chi connectivity index (χ0v) is 25.5. The van der Waals surface area contributed by atoms with E-state index in [9.17, 15) is 9.59 Å². The average molecular weight is 570 g/mol. The van der Waals surface area contributed by atoms with Gasteiger partial charge >= 0.3 is 6.03 Å². The summed E-state index contributed by atoms with van der Waals surface area (Å²) < 4.78 is 0. The highest BCUT2D eigenvalue weighted by atomic mass is 16.2. The number of rotatable bonds is 13. The first-order chi connectivity index (χ1) is 20.4. The van der Waals surface area contributed by atoms with Crippen LogP contribution >= 0.6 is 0 Å². The number of nitrogens with zero attached hydrogens (tertiary/aromatic N) is 3. The number of nitrogens with two attached hydrogens (primary N) is 1. The number of hydrogen-bond donors (Lipinski definition) is 2. The van der Waals surface area contributed by atoms with E-state index in [1.807, 2.05) is 37.2 Å². The van der Waals surface area contributed by atoms with Crippen molar-refractivity contribution in [3.63, 3.8) is 0 Å². The maximum Gasteiger partial charge on any atom is 0.319 e. The summed E-state index contributed by atoms with van der Waals surface area (Å²) in [5, 5.41) is 3.32. The molecule has 1 saturated heterocycles. The minimum atomic E-state index is -0.531. The van der Waals surface area contributed by atoms with Gasteiger partial charge in [0.25, 0.3) is 5.91 Å². The number of primary amides is 1. The number of carbonyl (C=O) groups excluding carboxylic acids is 2. The molecule has 3 aromatic carbocycles. The molecule has 1 heterocycles. The number of amides is 3. The lowest BCUT2D eigenvalue weighted by Crippen LogP contribution is -2.46. The zero-order valence-electron chi connectivity index (χ0n) is 25.5. The number of hydrogen-bond acceptors (Lipinski definition) is 4. The van der Waals surface area contributed by atoms with E-state index in [2.05, 4.69) is 77.8 Å². The van der Waals surface area contributed by atoms with Gasteiger partial charge in [-0.3, -0.25) is 14.6 Å². The van der Waals surface area contributed by atoms with Crippen molar-refractivity contribution >= 4 is 23.3 Å². The maximum atomic E-state index is 13.9. The van der Waals surface area contributed by atoms with Crippen molar-refractivity contribution in [2.24, 2.45) is 5.73 Å². The van der Waals surface area contributed by atoms with Gasteiger partial charge in [0.2, 0.25) is 0 Å². The van der Waals surface area contributed by atoms with Crippen molar-refractivity contribution in [2.75, 3.05) is 43.5 Å². The molecule has 4 rings (SSSR count). The Morgan fingerprint density at radius 2 is 1.40 bits per heavy atom. The lowest BCUT2D eigenvalue weighted by molar-refractivity contribution is 0.0901. The SMILES string of the molecule is CCCCCCCN(C(N)=O)c1cccc(N(C)C)c1C(=O)NC1CCN(C(c2ccccc2)c2ccccc2)CC1. The number of nitrogens with one attached hydrogen (secondary N) is 1. The van der Waals surface area contributed by atoms with E-state index in [1.54, 1.807) is 4.90 Å². The smallest absolute Gasteiger partial charge is 0.319 e. The molecule has 224 valence electrons. The fourth-order valence-corrected chi connectivity index (χ4v) is 6.03. The summed E-state index contributed by atoms with van der Waals surface area (Å²) in [5.74, 6) is -0.160. The summed E-state index contributed by atoms with van der Waals surface area (Å²) in [6.45, 7) is 4.41. The van der Waals surface area contributed by atoms with E-state index in [0.717, 1.165) is 57.3 Å². The Hall–Kier alpha value is -3.84. The lowest BCUT2D eigenvalue weighted by atomic mass is 9.94. The molecular weight excluding hydrogens is 522 g/mol. The Morgan fingerprint density at radius 1 is 0.833 bits per heavy atom. The van der Waals surface area contributed by atoms with Gasteiger partial charge in [-0.15, -0.1) is 0 Å². The van der Waals surface area contributed by atoms with Crippen LogP contribution < -0.4 is 20.9 Å². The number of unbranched alkanes of at least 4 members (excludes halogenated alkanes) is 4. The molecule has 0 aromatic heterocycles. The van der Waals surface area contributed by atoms with E-state index in [4.69, 9.17) is 5.73 Å². The summed E-state index contributed by atoms with van der Waals surface area (Å²) in [5.41, 5.74) is 10.3. The molecule has 3 N–H and O–H groups in total. The van der Waals surface area contributed by atoms with Crippen LogP contribution in [0.5, 0.6) is 0 Å². The molecule has 1 aliphatic heterocycles. The first-order valence-electron chi connectivity index (χ1n) is 15.4. The maximum absolute atomic E-state index is 13.9. The van der Waals surface area contributed by atoms with E-state index >= 15 is 0 Å². The molecule has 7 nitrogen and oxygen atoms in total. The van der Waals surface area contributed by atoms with Gasteiger partial charge in [-0.2, -0.15) is 0 Å². The molecule has 1 aliphatic rings. The van der Waals surface area contributed by atoms with Gasteiger partial charge < -0.3 is 16.0 Å². The monoisotopic (exact) mass is 569 g/mol. The van der Waals surface area contributed by atoms with Gasteiger partial charge in [-0.1, -0.05) is 99.3 Å². The number of carbonyl (C=O) groups is 2. The quantitative estimate of drug-likeness (QED) is 0.228. The third-order valence-corrected chi connectivity index (χ3v) is 8.23. The third kappa shape index (κ3) is 7.91. The van der Waals surface area contributed by atoms with Gasteiger partial charge in [0.1, 0.15) is 0 Å². The predicted molar refractivity (Wildman–Crippen MR) is 173 cm³/mol. The molecule has 0 saturated carbocycles. The molecule has 0 aliphatic carbocycles. The van der Waals surface area contributed by atoms with E-state index in [0.29, 0.717) is 17.8 Å². The molecule has 0 radical (unpaired) electrons. The van der Waals surface area contributed by atoms with E-state index in [1.165, 1.54) is 17.5 Å². The zero-order chi connectivity index (χ0) is 29.9. The molecule has 1 fully saturated rings. The predicted octanol–water partition coefficient (Wildman–Crippen LogP) is 6.59. The van der Waals surface area contributed by atoms with Crippen LogP contribution in [0.2, 0.25) is 0 Å². The van der Waals surface area contributed by atoms with Crippen molar-refractivity contribution in [1.29, 1.82) is 0 Å². The largest absolute Gasteiger partial charge is 0.377 e. The topological polar surface area (TPSA) is 81.9 Å². The average Bonchev–Trinajstić information content (AvgIpc) is 3.00. The number of piperidine rings is 1. The van der Waals surface area contributed by atoms with Crippen LogP contribution in [-0.2, 0) is 0 Å². The van der Waals surface area contributed by atoms with Gasteiger partial charge in [-0.25, -0.2) is 4.79 Å². The van der Waals surface area contributed by atoms with Crippen LogP contribution in [0.4, 0.5) is 16.2 Å². The van der Waals surface area contributed by atoms with Crippen LogP contribution in [-0.4, -0.2) is 56.6 Å². The summed E-state index contributed by atoms with van der Waals surface area (Å²) in [6.07, 6.45) is 7.03. The number of anilines is 2. The number of urea groups is 1. The molecule has 0 bridgehead atoms. The normalized spacial score (nSPS) is 14.1. The summed E-state index contributed by atoms with van der Waals surface area (Å²) in [4.78, 5) is 32.5. The highest BCUT2D eigenvalue weighted by Gasteiger charge is 2.30. The minimum absolute atomic E-state index is 0.0417. The molecule has 0 spiro atoms. The van der Waals surface area contributed by atoms with Crippen LogP contribution in [0.3, 0.4) is 0 Å². The second-order valence-electron chi connectivity index (χ2n) is 11.5.